The first-order valence-corrected chi connectivity index (χ1v) is 14.6. The zero-order valence-electron chi connectivity index (χ0n) is 26.2. The van der Waals surface area contributed by atoms with E-state index in [1.165, 1.54) is 28.4 Å². The molecule has 2 aromatic heterocycles. The summed E-state index contributed by atoms with van der Waals surface area (Å²) in [5.41, 5.74) is 6.53. The fourth-order valence-corrected chi connectivity index (χ4v) is 4.91. The Morgan fingerprint density at radius 2 is 1.77 bits per heavy atom. The molecule has 0 aliphatic rings. The Morgan fingerprint density at radius 1 is 1.07 bits per heavy atom. The van der Waals surface area contributed by atoms with Crippen molar-refractivity contribution in [2.75, 3.05) is 7.11 Å². The van der Waals surface area contributed by atoms with Gasteiger partial charge in [-0.05, 0) is 75.8 Å². The highest BCUT2D eigenvalue weighted by Gasteiger charge is 2.25. The third-order valence-electron chi connectivity index (χ3n) is 6.78. The molecule has 3 aromatic rings. The number of nitrogens with zero attached hydrogens (tertiary/aromatic N) is 2. The van der Waals surface area contributed by atoms with Gasteiger partial charge in [-0.15, -0.1) is 0 Å². The molecule has 11 nitrogen and oxygen atoms in total. The number of methoxy groups -OCH3 is 1. The minimum absolute atomic E-state index is 0.0532. The Bertz CT molecular complexity index is 1610. The molecule has 0 aliphatic heterocycles. The largest absolute Gasteiger partial charge is 0.453 e. The van der Waals surface area contributed by atoms with Gasteiger partial charge in [0.25, 0.3) is 5.56 Å². The van der Waals surface area contributed by atoms with Crippen molar-refractivity contribution in [2.45, 2.75) is 78.5 Å². The number of benzene rings is 1. The number of fused-ring (bicyclic) bond motifs is 1. The summed E-state index contributed by atoms with van der Waals surface area (Å²) in [6.07, 6.45) is 3.97. The van der Waals surface area contributed by atoms with Crippen molar-refractivity contribution in [1.82, 2.24) is 14.5 Å². The number of aromatic nitrogens is 2. The third kappa shape index (κ3) is 9.16. The molecule has 3 N–H and O–H groups in total. The van der Waals surface area contributed by atoms with Crippen LogP contribution in [-0.2, 0) is 38.4 Å². The lowest BCUT2D eigenvalue weighted by Crippen LogP contribution is -2.42. The van der Waals surface area contributed by atoms with Crippen molar-refractivity contribution < 1.29 is 28.7 Å². The van der Waals surface area contributed by atoms with Crippen molar-refractivity contribution in [3.05, 3.63) is 81.9 Å². The number of pyridine rings is 1. The Hall–Kier alpha value is -4.67. The molecule has 236 valence electrons. The third-order valence-corrected chi connectivity index (χ3v) is 6.78. The van der Waals surface area contributed by atoms with Crippen LogP contribution < -0.4 is 16.6 Å². The molecule has 0 unspecified atom stereocenters. The van der Waals surface area contributed by atoms with Gasteiger partial charge in [0.1, 0.15) is 5.60 Å². The van der Waals surface area contributed by atoms with Gasteiger partial charge in [0.15, 0.2) is 5.78 Å². The molecular weight excluding hydrogens is 564 g/mol. The topological polar surface area (TPSA) is 152 Å². The van der Waals surface area contributed by atoms with Crippen LogP contribution in [0, 0.1) is 5.92 Å². The van der Waals surface area contributed by atoms with Crippen LogP contribution in [0.2, 0.25) is 0 Å². The van der Waals surface area contributed by atoms with E-state index in [0.29, 0.717) is 17.1 Å². The van der Waals surface area contributed by atoms with Gasteiger partial charge >= 0.3 is 12.2 Å². The number of ether oxygens (including phenoxy) is 2. The molecule has 0 saturated carbocycles. The SMILES string of the molecule is COC(=O)N[C@@H](CC/C=C/C(N)=O)C(=O)Cc1cccn(Cc2cc3c(CC(C)C)cccc3n2C(=O)OC(C)(C)C)c1=O. The predicted octanol–water partition coefficient (Wildman–Crippen LogP) is 4.49. The normalized spacial score (nSPS) is 12.4. The van der Waals surface area contributed by atoms with Crippen molar-refractivity contribution in [2.24, 2.45) is 11.7 Å². The van der Waals surface area contributed by atoms with Crippen molar-refractivity contribution >= 4 is 34.8 Å². The van der Waals surface area contributed by atoms with E-state index in [0.717, 1.165) is 17.4 Å². The first-order chi connectivity index (χ1) is 20.7. The van der Waals surface area contributed by atoms with Crippen molar-refractivity contribution in [3.8, 4) is 0 Å². The lowest BCUT2D eigenvalue weighted by atomic mass is 10.00. The number of carbonyl (C=O) groups excluding carboxylic acids is 4. The number of allylic oxidation sites excluding steroid dienone is 1. The van der Waals surface area contributed by atoms with Crippen LogP contribution in [0.15, 0.2) is 59.5 Å². The Kier molecular flexibility index (Phi) is 11.3. The summed E-state index contributed by atoms with van der Waals surface area (Å²) in [4.78, 5) is 63.1. The van der Waals surface area contributed by atoms with Crippen LogP contribution in [0.4, 0.5) is 9.59 Å². The van der Waals surface area contributed by atoms with E-state index in [4.69, 9.17) is 10.5 Å². The summed E-state index contributed by atoms with van der Waals surface area (Å²) in [6, 6.07) is 9.98. The summed E-state index contributed by atoms with van der Waals surface area (Å²) in [5, 5.41) is 3.40. The fraction of sp³-hybridized carbons (Fsp3) is 0.424. The molecule has 3 rings (SSSR count). The number of carbonyl (C=O) groups is 4. The number of rotatable bonds is 12. The maximum Gasteiger partial charge on any atom is 0.419 e. The predicted molar refractivity (Wildman–Crippen MR) is 168 cm³/mol. The van der Waals surface area contributed by atoms with Gasteiger partial charge in [-0.2, -0.15) is 0 Å². The van der Waals surface area contributed by atoms with Gasteiger partial charge in [-0.3, -0.25) is 14.4 Å². The second-order valence-corrected chi connectivity index (χ2v) is 12.1. The van der Waals surface area contributed by atoms with Crippen molar-refractivity contribution in [3.63, 3.8) is 0 Å². The quantitative estimate of drug-likeness (QED) is 0.288. The number of hydrogen-bond donors (Lipinski definition) is 2. The molecular formula is C33H42N4O7. The summed E-state index contributed by atoms with van der Waals surface area (Å²) in [6.45, 7) is 9.68. The van der Waals surface area contributed by atoms with E-state index in [9.17, 15) is 24.0 Å². The molecule has 11 heteroatoms. The number of nitrogens with one attached hydrogen (secondary N) is 1. The number of primary amides is 1. The first kappa shape index (κ1) is 33.8. The minimum atomic E-state index is -0.956. The number of hydrogen-bond acceptors (Lipinski definition) is 7. The van der Waals surface area contributed by atoms with E-state index in [1.54, 1.807) is 39.1 Å². The summed E-state index contributed by atoms with van der Waals surface area (Å²) in [5.74, 6) is -0.637. The average Bonchev–Trinajstić information content (AvgIpc) is 3.30. The molecule has 0 saturated heterocycles. The fourth-order valence-electron chi connectivity index (χ4n) is 4.91. The zero-order valence-corrected chi connectivity index (χ0v) is 26.2. The highest BCUT2D eigenvalue weighted by Crippen LogP contribution is 2.27. The molecule has 0 radical (unpaired) electrons. The second kappa shape index (κ2) is 14.7. The molecule has 1 aromatic carbocycles. The van der Waals surface area contributed by atoms with Crippen molar-refractivity contribution in [1.29, 1.82) is 0 Å². The lowest BCUT2D eigenvalue weighted by molar-refractivity contribution is -0.120. The van der Waals surface area contributed by atoms with Crippen LogP contribution in [0.25, 0.3) is 10.9 Å². The van der Waals surface area contributed by atoms with Crippen LogP contribution in [-0.4, -0.2) is 51.8 Å². The molecule has 2 amide bonds. The van der Waals surface area contributed by atoms with Gasteiger partial charge < -0.3 is 25.1 Å². The maximum atomic E-state index is 13.6. The van der Waals surface area contributed by atoms with Crippen LogP contribution >= 0.6 is 0 Å². The van der Waals surface area contributed by atoms with Crippen LogP contribution in [0.5, 0.6) is 0 Å². The molecule has 0 aliphatic carbocycles. The van der Waals surface area contributed by atoms with Gasteiger partial charge in [0.05, 0.1) is 30.9 Å². The van der Waals surface area contributed by atoms with E-state index < -0.39 is 41.1 Å². The highest BCUT2D eigenvalue weighted by atomic mass is 16.6. The Morgan fingerprint density at radius 3 is 2.41 bits per heavy atom. The molecule has 0 bridgehead atoms. The summed E-state index contributed by atoms with van der Waals surface area (Å²) in [7, 11) is 1.18. The Labute approximate surface area is 257 Å². The number of nitrogens with two attached hydrogens (primary N) is 1. The Balaban J connectivity index is 1.97. The van der Waals surface area contributed by atoms with Gasteiger partial charge in [0.2, 0.25) is 5.91 Å². The number of ketones is 1. The zero-order chi connectivity index (χ0) is 32.6. The second-order valence-electron chi connectivity index (χ2n) is 12.1. The lowest BCUT2D eigenvalue weighted by Gasteiger charge is -2.21. The number of alkyl carbamates (subject to hydrolysis) is 1. The molecule has 44 heavy (non-hydrogen) atoms. The standard InChI is InChI=1S/C33H42N4O7/c1-21(2)17-22-11-9-14-27-25(22)19-24(37(27)32(42)44-33(3,4)5)20-36-16-10-12-23(30(36)40)18-28(38)26(35-31(41)43-6)13-7-8-15-29(34)39/h8-12,14-16,19,21,26H,7,13,17-18,20H2,1-6H3,(H2,34,39)(H,35,41)/b15-8+/t26-/m0/s1. The minimum Gasteiger partial charge on any atom is -0.453 e. The van der Waals surface area contributed by atoms with E-state index >= 15 is 0 Å². The monoisotopic (exact) mass is 606 g/mol. The van der Waals surface area contributed by atoms with Gasteiger partial charge in [-0.25, -0.2) is 14.2 Å². The van der Waals surface area contributed by atoms with E-state index in [1.807, 2.05) is 24.3 Å². The summed E-state index contributed by atoms with van der Waals surface area (Å²) < 4.78 is 13.3. The maximum absolute atomic E-state index is 13.6. The molecule has 2 heterocycles. The average molecular weight is 607 g/mol. The molecule has 0 spiro atoms. The van der Waals surface area contributed by atoms with E-state index in [-0.39, 0.29) is 31.4 Å². The smallest absolute Gasteiger partial charge is 0.419 e. The van der Waals surface area contributed by atoms with Crippen LogP contribution in [0.1, 0.15) is 64.3 Å². The molecule has 0 fully saturated rings. The molecule has 1 atom stereocenters. The number of Topliss-reactive ketones (excluding diaryl/α,β-unsaturated/α-hetero) is 1. The first-order valence-electron chi connectivity index (χ1n) is 14.6. The van der Waals surface area contributed by atoms with E-state index in [2.05, 4.69) is 23.9 Å². The highest BCUT2D eigenvalue weighted by molar-refractivity contribution is 5.93. The number of amides is 2. The van der Waals surface area contributed by atoms with Gasteiger partial charge in [-0.1, -0.05) is 38.1 Å². The van der Waals surface area contributed by atoms with Crippen LogP contribution in [0.3, 0.4) is 0 Å². The van der Waals surface area contributed by atoms with Gasteiger partial charge in [0, 0.05) is 23.6 Å². The summed E-state index contributed by atoms with van der Waals surface area (Å²) >= 11 is 0.